The van der Waals surface area contributed by atoms with Crippen molar-refractivity contribution in [2.45, 2.75) is 53.0 Å². The number of anilines is 1. The topological polar surface area (TPSA) is 60.9 Å². The fourth-order valence-electron chi connectivity index (χ4n) is 5.31. The van der Waals surface area contributed by atoms with E-state index in [4.69, 9.17) is 0 Å². The van der Waals surface area contributed by atoms with E-state index in [1.165, 1.54) is 9.80 Å². The molecule has 0 N–H and O–H groups in total. The lowest BCUT2D eigenvalue weighted by Crippen LogP contribution is -2.72. The number of urea groups is 1. The standard InChI is InChI=1S/C23H31N3O3/c1-15(2)13-25-20(27)23(21(28)26(22(25)29)14-16(3)4)12-17-8-5-6-9-18(17)24-11-7-10-19(23)24/h5-6,8-9,15-16,19H,7,10-14H2,1-4H3. The van der Waals surface area contributed by atoms with Crippen LogP contribution in [0.15, 0.2) is 24.3 Å². The molecular formula is C23H31N3O3. The highest BCUT2D eigenvalue weighted by Gasteiger charge is 2.64. The van der Waals surface area contributed by atoms with Gasteiger partial charge in [0.25, 0.3) is 0 Å². The Labute approximate surface area is 172 Å². The van der Waals surface area contributed by atoms with Crippen LogP contribution in [0.5, 0.6) is 0 Å². The molecule has 6 heteroatoms. The van der Waals surface area contributed by atoms with Gasteiger partial charge in [-0.1, -0.05) is 45.9 Å². The van der Waals surface area contributed by atoms with Crippen LogP contribution >= 0.6 is 0 Å². The summed E-state index contributed by atoms with van der Waals surface area (Å²) in [5.41, 5.74) is 0.947. The number of benzene rings is 1. The highest BCUT2D eigenvalue weighted by Crippen LogP contribution is 2.49. The van der Waals surface area contributed by atoms with E-state index in [1.807, 2.05) is 45.9 Å². The van der Waals surface area contributed by atoms with E-state index in [0.717, 1.165) is 30.6 Å². The second-order valence-corrected chi connectivity index (χ2v) is 9.53. The predicted molar refractivity (Wildman–Crippen MR) is 111 cm³/mol. The number of hydrogen-bond donors (Lipinski definition) is 0. The largest absolute Gasteiger partial charge is 0.367 e. The third-order valence-electron chi connectivity index (χ3n) is 6.40. The molecule has 1 aromatic rings. The van der Waals surface area contributed by atoms with Crippen molar-refractivity contribution in [1.82, 2.24) is 9.80 Å². The minimum absolute atomic E-state index is 0.143. The molecule has 0 aromatic heterocycles. The zero-order valence-electron chi connectivity index (χ0n) is 17.9. The molecule has 1 unspecified atom stereocenters. The summed E-state index contributed by atoms with van der Waals surface area (Å²) >= 11 is 0. The number of carbonyl (C=O) groups is 3. The molecule has 2 saturated heterocycles. The average molecular weight is 398 g/mol. The van der Waals surface area contributed by atoms with E-state index >= 15 is 0 Å². The number of nitrogens with zero attached hydrogens (tertiary/aromatic N) is 3. The van der Waals surface area contributed by atoms with Crippen LogP contribution in [0.25, 0.3) is 0 Å². The van der Waals surface area contributed by atoms with Gasteiger partial charge in [-0.2, -0.15) is 0 Å². The Hall–Kier alpha value is -2.37. The molecule has 3 aliphatic heterocycles. The molecule has 0 saturated carbocycles. The number of carbonyl (C=O) groups excluding carboxylic acids is 3. The lowest BCUT2D eigenvalue weighted by atomic mass is 9.68. The Morgan fingerprint density at radius 1 is 0.966 bits per heavy atom. The zero-order valence-corrected chi connectivity index (χ0v) is 17.9. The van der Waals surface area contributed by atoms with E-state index in [-0.39, 0.29) is 29.7 Å². The van der Waals surface area contributed by atoms with Gasteiger partial charge in [-0.05, 0) is 42.7 Å². The molecule has 29 heavy (non-hydrogen) atoms. The summed E-state index contributed by atoms with van der Waals surface area (Å²) in [7, 11) is 0. The molecule has 6 nitrogen and oxygen atoms in total. The van der Waals surface area contributed by atoms with Gasteiger partial charge in [-0.15, -0.1) is 0 Å². The lowest BCUT2D eigenvalue weighted by Gasteiger charge is -2.52. The smallest absolute Gasteiger partial charge is 0.333 e. The van der Waals surface area contributed by atoms with Crippen molar-refractivity contribution in [3.05, 3.63) is 29.8 Å². The SMILES string of the molecule is CC(C)CN1C(=O)N(CC(C)C)C(=O)C2(Cc3ccccc3N3CCCC32)C1=O. The Balaban J connectivity index is 1.86. The van der Waals surface area contributed by atoms with Crippen LogP contribution in [0.1, 0.15) is 46.1 Å². The fourth-order valence-corrected chi connectivity index (χ4v) is 5.31. The fraction of sp³-hybridized carbons (Fsp3) is 0.609. The third-order valence-corrected chi connectivity index (χ3v) is 6.40. The second-order valence-electron chi connectivity index (χ2n) is 9.53. The first-order valence-corrected chi connectivity index (χ1v) is 10.8. The van der Waals surface area contributed by atoms with Crippen molar-refractivity contribution in [2.75, 3.05) is 24.5 Å². The first kappa shape index (κ1) is 19.9. The number of rotatable bonds is 4. The number of imide groups is 2. The molecule has 156 valence electrons. The van der Waals surface area contributed by atoms with E-state index in [2.05, 4.69) is 11.0 Å². The van der Waals surface area contributed by atoms with Crippen LogP contribution in [0.4, 0.5) is 10.5 Å². The summed E-state index contributed by atoms with van der Waals surface area (Å²) in [4.78, 5) is 45.9. The van der Waals surface area contributed by atoms with Gasteiger partial charge in [-0.25, -0.2) is 4.79 Å². The van der Waals surface area contributed by atoms with Crippen LogP contribution in [0, 0.1) is 17.3 Å². The maximum absolute atomic E-state index is 13.9. The predicted octanol–water partition coefficient (Wildman–Crippen LogP) is 3.30. The zero-order chi connectivity index (χ0) is 20.9. The highest BCUT2D eigenvalue weighted by atomic mass is 16.2. The van der Waals surface area contributed by atoms with Gasteiger partial charge >= 0.3 is 6.03 Å². The average Bonchev–Trinajstić information content (AvgIpc) is 3.17. The van der Waals surface area contributed by atoms with Gasteiger partial charge in [0, 0.05) is 25.3 Å². The normalized spacial score (nSPS) is 23.4. The molecule has 0 aliphatic carbocycles. The second kappa shape index (κ2) is 7.15. The summed E-state index contributed by atoms with van der Waals surface area (Å²) in [5.74, 6) is -0.311. The van der Waals surface area contributed by atoms with Crippen LogP contribution in [0.2, 0.25) is 0 Å². The van der Waals surface area contributed by atoms with Gasteiger partial charge in [0.15, 0.2) is 5.41 Å². The molecule has 0 radical (unpaired) electrons. The van der Waals surface area contributed by atoms with E-state index < -0.39 is 11.4 Å². The molecule has 4 amide bonds. The first-order chi connectivity index (χ1) is 13.8. The molecule has 0 bridgehead atoms. The molecular weight excluding hydrogens is 366 g/mol. The molecule has 2 fully saturated rings. The number of fused-ring (bicyclic) bond motifs is 4. The minimum Gasteiger partial charge on any atom is -0.367 e. The quantitative estimate of drug-likeness (QED) is 0.732. The Kier molecular flexibility index (Phi) is 4.91. The van der Waals surface area contributed by atoms with Crippen LogP contribution < -0.4 is 4.90 Å². The maximum atomic E-state index is 13.9. The van der Waals surface area contributed by atoms with Gasteiger partial charge in [0.05, 0.1) is 6.04 Å². The summed E-state index contributed by atoms with van der Waals surface area (Å²) in [5, 5.41) is 0. The van der Waals surface area contributed by atoms with E-state index in [9.17, 15) is 14.4 Å². The number of para-hydroxylation sites is 1. The number of barbiturate groups is 1. The van der Waals surface area contributed by atoms with Crippen molar-refractivity contribution < 1.29 is 14.4 Å². The van der Waals surface area contributed by atoms with Crippen molar-refractivity contribution in [3.63, 3.8) is 0 Å². The Morgan fingerprint density at radius 3 is 2.14 bits per heavy atom. The van der Waals surface area contributed by atoms with E-state index in [1.54, 1.807) is 0 Å². The molecule has 1 aromatic carbocycles. The maximum Gasteiger partial charge on any atom is 0.333 e. The van der Waals surface area contributed by atoms with Gasteiger partial charge < -0.3 is 4.90 Å². The molecule has 4 rings (SSSR count). The summed E-state index contributed by atoms with van der Waals surface area (Å²) in [6.07, 6.45) is 2.12. The van der Waals surface area contributed by atoms with Crippen LogP contribution in [0.3, 0.4) is 0 Å². The summed E-state index contributed by atoms with van der Waals surface area (Å²) in [6.45, 7) is 9.50. The molecule has 3 heterocycles. The van der Waals surface area contributed by atoms with Crippen molar-refractivity contribution >= 4 is 23.5 Å². The van der Waals surface area contributed by atoms with Crippen LogP contribution in [-0.4, -0.2) is 53.3 Å². The summed E-state index contributed by atoms with van der Waals surface area (Å²) < 4.78 is 0. The van der Waals surface area contributed by atoms with Gasteiger partial charge in [0.2, 0.25) is 11.8 Å². The van der Waals surface area contributed by atoms with Crippen molar-refractivity contribution in [3.8, 4) is 0 Å². The monoisotopic (exact) mass is 397 g/mol. The van der Waals surface area contributed by atoms with Crippen molar-refractivity contribution in [1.29, 1.82) is 0 Å². The first-order valence-electron chi connectivity index (χ1n) is 10.8. The van der Waals surface area contributed by atoms with Gasteiger partial charge in [0.1, 0.15) is 0 Å². The molecule has 3 aliphatic rings. The minimum atomic E-state index is -1.21. The van der Waals surface area contributed by atoms with Crippen molar-refractivity contribution in [2.24, 2.45) is 17.3 Å². The summed E-state index contributed by atoms with van der Waals surface area (Å²) in [6, 6.07) is 7.44. The number of hydrogen-bond acceptors (Lipinski definition) is 4. The highest BCUT2D eigenvalue weighted by molar-refractivity contribution is 6.20. The third kappa shape index (κ3) is 2.95. The molecule has 1 spiro atoms. The number of amides is 4. The van der Waals surface area contributed by atoms with Gasteiger partial charge in [-0.3, -0.25) is 19.4 Å². The van der Waals surface area contributed by atoms with E-state index in [0.29, 0.717) is 19.5 Å². The Bertz CT molecular complexity index is 816. The Morgan fingerprint density at radius 2 is 1.55 bits per heavy atom. The molecule has 1 atom stereocenters. The lowest BCUT2D eigenvalue weighted by molar-refractivity contribution is -0.161. The van der Waals surface area contributed by atoms with Crippen LogP contribution in [-0.2, 0) is 16.0 Å².